The van der Waals surface area contributed by atoms with Gasteiger partial charge in [-0.3, -0.25) is 0 Å². The summed E-state index contributed by atoms with van der Waals surface area (Å²) in [6.45, 7) is 3.44. The van der Waals surface area contributed by atoms with E-state index >= 15 is 0 Å². The standard InChI is InChI=1S/C28H41N.BH2O2/c1-2-3-4-5-6-7-8-9-10-11-12-13-14-19-24-29-27-22-17-15-20-25(27)26-21-16-18-23-28(26)29;2-1-3/h15-18,20-23H,2-14,19,24H2,1H3;2-3H. The van der Waals surface area contributed by atoms with E-state index < -0.39 is 0 Å². The van der Waals surface area contributed by atoms with E-state index in [1.165, 1.54) is 112 Å². The van der Waals surface area contributed by atoms with Gasteiger partial charge in [-0.15, -0.1) is 0 Å². The minimum absolute atomic E-state index is 0. The number of benzene rings is 2. The zero-order valence-corrected chi connectivity index (χ0v) is 20.1. The third kappa shape index (κ3) is 9.00. The van der Waals surface area contributed by atoms with Gasteiger partial charge in [-0.2, -0.15) is 0 Å². The number of hydrogen-bond acceptors (Lipinski definition) is 2. The van der Waals surface area contributed by atoms with Crippen molar-refractivity contribution < 1.29 is 10.0 Å². The zero-order valence-electron chi connectivity index (χ0n) is 20.1. The smallest absolute Gasteiger partial charge is 0.429 e. The van der Waals surface area contributed by atoms with Gasteiger partial charge in [-0.25, -0.2) is 0 Å². The summed E-state index contributed by atoms with van der Waals surface area (Å²) < 4.78 is 2.53. The fraction of sp³-hybridized carbons (Fsp3) is 0.571. The molecule has 0 aliphatic rings. The predicted octanol–water partition coefficient (Wildman–Crippen LogP) is 7.78. The lowest BCUT2D eigenvalue weighted by molar-refractivity contribution is 0.448. The van der Waals surface area contributed by atoms with Gasteiger partial charge < -0.3 is 14.6 Å². The van der Waals surface area contributed by atoms with E-state index in [0.717, 1.165) is 6.54 Å². The van der Waals surface area contributed by atoms with Crippen molar-refractivity contribution >= 4 is 29.5 Å². The molecule has 175 valence electrons. The van der Waals surface area contributed by atoms with Gasteiger partial charge in [0.15, 0.2) is 0 Å². The largest absolute Gasteiger partial charge is 0.482 e. The molecule has 3 nitrogen and oxygen atoms in total. The lowest BCUT2D eigenvalue weighted by Gasteiger charge is -2.07. The molecule has 0 bridgehead atoms. The van der Waals surface area contributed by atoms with Crippen molar-refractivity contribution in [2.75, 3.05) is 0 Å². The summed E-state index contributed by atoms with van der Waals surface area (Å²) in [4.78, 5) is 0. The van der Waals surface area contributed by atoms with E-state index in [1.54, 1.807) is 0 Å². The Labute approximate surface area is 196 Å². The number of unbranched alkanes of at least 4 members (excludes halogenated alkanes) is 13. The second-order valence-electron chi connectivity index (χ2n) is 8.90. The third-order valence-corrected chi connectivity index (χ3v) is 6.42. The Kier molecular flexibility index (Phi) is 13.9. The molecule has 0 unspecified atom stereocenters. The van der Waals surface area contributed by atoms with Gasteiger partial charge in [0.25, 0.3) is 0 Å². The number of fused-ring (bicyclic) bond motifs is 3. The number of aryl methyl sites for hydroxylation is 1. The highest BCUT2D eigenvalue weighted by molar-refractivity contribution is 6.13. The van der Waals surface area contributed by atoms with Gasteiger partial charge in [0, 0.05) is 28.4 Å². The Bertz CT molecular complexity index is 808. The summed E-state index contributed by atoms with van der Waals surface area (Å²) in [6, 6.07) is 17.7. The number of nitrogens with zero attached hydrogens (tertiary/aromatic N) is 1. The maximum Gasteiger partial charge on any atom is 0.482 e. The first-order valence-corrected chi connectivity index (χ1v) is 12.9. The minimum atomic E-state index is 0. The van der Waals surface area contributed by atoms with Crippen LogP contribution in [0.4, 0.5) is 0 Å². The fourth-order valence-corrected chi connectivity index (χ4v) is 4.71. The Morgan fingerprint density at radius 3 is 1.31 bits per heavy atom. The van der Waals surface area contributed by atoms with E-state index in [0.29, 0.717) is 0 Å². The Morgan fingerprint density at radius 1 is 0.562 bits per heavy atom. The summed E-state index contributed by atoms with van der Waals surface area (Å²) in [5.41, 5.74) is 2.78. The molecule has 1 aromatic heterocycles. The van der Waals surface area contributed by atoms with Gasteiger partial charge in [0.2, 0.25) is 0 Å². The molecule has 0 saturated carbocycles. The molecule has 1 heterocycles. The molecule has 0 saturated heterocycles. The van der Waals surface area contributed by atoms with Crippen LogP contribution in [0.2, 0.25) is 0 Å². The van der Waals surface area contributed by atoms with Crippen LogP contribution >= 0.6 is 0 Å². The SMILES string of the molecule is CCCCCCCCCCCCCCCCn1c2ccccc2c2ccccc21.O[B]O. The molecule has 0 fully saturated rings. The average Bonchev–Trinajstić information content (AvgIpc) is 3.14. The highest BCUT2D eigenvalue weighted by atomic mass is 16.4. The van der Waals surface area contributed by atoms with Crippen LogP contribution in [0.15, 0.2) is 48.5 Å². The number of hydrogen-bond donors (Lipinski definition) is 2. The first kappa shape index (κ1) is 26.5. The Morgan fingerprint density at radius 2 is 0.906 bits per heavy atom. The van der Waals surface area contributed by atoms with Crippen LogP contribution in [0.5, 0.6) is 0 Å². The Balaban J connectivity index is 0.00000114. The molecule has 1 radical (unpaired) electrons. The molecule has 3 aromatic rings. The molecule has 0 aliphatic heterocycles. The number of aromatic nitrogens is 1. The van der Waals surface area contributed by atoms with Crippen molar-refractivity contribution in [1.82, 2.24) is 4.57 Å². The maximum atomic E-state index is 7.00. The fourth-order valence-electron chi connectivity index (χ4n) is 4.71. The second-order valence-corrected chi connectivity index (χ2v) is 8.90. The van der Waals surface area contributed by atoms with E-state index in [9.17, 15) is 0 Å². The first-order chi connectivity index (χ1) is 15.8. The van der Waals surface area contributed by atoms with Crippen molar-refractivity contribution in [1.29, 1.82) is 0 Å². The first-order valence-electron chi connectivity index (χ1n) is 12.9. The van der Waals surface area contributed by atoms with Crippen molar-refractivity contribution in [2.45, 2.75) is 103 Å². The predicted molar refractivity (Wildman–Crippen MR) is 140 cm³/mol. The summed E-state index contributed by atoms with van der Waals surface area (Å²) in [5, 5.41) is 16.8. The highest BCUT2D eigenvalue weighted by Gasteiger charge is 2.08. The summed E-state index contributed by atoms with van der Waals surface area (Å²) in [6.07, 6.45) is 19.9. The van der Waals surface area contributed by atoms with Gasteiger partial charge >= 0.3 is 7.69 Å². The van der Waals surface area contributed by atoms with Crippen molar-refractivity contribution in [3.05, 3.63) is 48.5 Å². The van der Waals surface area contributed by atoms with Gasteiger partial charge in [0.05, 0.1) is 0 Å². The molecular formula is C28H43BNO2. The normalized spacial score (nSPS) is 11.0. The van der Waals surface area contributed by atoms with E-state index in [1.807, 2.05) is 0 Å². The van der Waals surface area contributed by atoms with E-state index in [4.69, 9.17) is 10.0 Å². The lowest BCUT2D eigenvalue weighted by Crippen LogP contribution is -1.97. The summed E-state index contributed by atoms with van der Waals surface area (Å²) in [5.74, 6) is 0. The van der Waals surface area contributed by atoms with Crippen molar-refractivity contribution in [3.8, 4) is 0 Å². The molecule has 0 atom stereocenters. The molecule has 0 spiro atoms. The maximum absolute atomic E-state index is 7.00. The molecule has 32 heavy (non-hydrogen) atoms. The quantitative estimate of drug-likeness (QED) is 0.189. The minimum Gasteiger partial charge on any atom is -0.429 e. The van der Waals surface area contributed by atoms with Crippen LogP contribution in [0, 0.1) is 0 Å². The molecule has 0 aliphatic carbocycles. The number of rotatable bonds is 15. The third-order valence-electron chi connectivity index (χ3n) is 6.42. The Hall–Kier alpha value is -1.78. The van der Waals surface area contributed by atoms with Gasteiger partial charge in [0.1, 0.15) is 0 Å². The monoisotopic (exact) mass is 436 g/mol. The topological polar surface area (TPSA) is 45.4 Å². The molecule has 2 aromatic carbocycles. The number of para-hydroxylation sites is 2. The van der Waals surface area contributed by atoms with Crippen LogP contribution in [0.1, 0.15) is 96.8 Å². The van der Waals surface area contributed by atoms with Crippen LogP contribution in [0.3, 0.4) is 0 Å². The summed E-state index contributed by atoms with van der Waals surface area (Å²) in [7, 11) is 0. The summed E-state index contributed by atoms with van der Waals surface area (Å²) >= 11 is 0. The van der Waals surface area contributed by atoms with Gasteiger partial charge in [-0.1, -0.05) is 127 Å². The molecule has 4 heteroatoms. The molecule has 0 amide bonds. The average molecular weight is 436 g/mol. The van der Waals surface area contributed by atoms with E-state index in [2.05, 4.69) is 60.0 Å². The van der Waals surface area contributed by atoms with Crippen LogP contribution < -0.4 is 0 Å². The van der Waals surface area contributed by atoms with E-state index in [-0.39, 0.29) is 7.69 Å². The molecule has 2 N–H and O–H groups in total. The lowest BCUT2D eigenvalue weighted by atomic mass is 10.0. The van der Waals surface area contributed by atoms with Crippen LogP contribution in [-0.2, 0) is 6.54 Å². The van der Waals surface area contributed by atoms with Crippen molar-refractivity contribution in [3.63, 3.8) is 0 Å². The van der Waals surface area contributed by atoms with Crippen LogP contribution in [0.25, 0.3) is 21.8 Å². The van der Waals surface area contributed by atoms with Crippen LogP contribution in [-0.4, -0.2) is 22.3 Å². The second kappa shape index (κ2) is 16.8. The van der Waals surface area contributed by atoms with Crippen molar-refractivity contribution in [2.24, 2.45) is 0 Å². The highest BCUT2D eigenvalue weighted by Crippen LogP contribution is 2.29. The molecule has 3 rings (SSSR count). The zero-order chi connectivity index (χ0) is 22.9. The van der Waals surface area contributed by atoms with Gasteiger partial charge in [-0.05, 0) is 18.6 Å². The molecular weight excluding hydrogens is 393 g/mol.